The van der Waals surface area contributed by atoms with E-state index in [1.54, 1.807) is 6.07 Å². The van der Waals surface area contributed by atoms with Crippen molar-refractivity contribution in [2.75, 3.05) is 17.6 Å². The fourth-order valence-electron chi connectivity index (χ4n) is 2.03. The SMILES string of the molecule is CCCCS(=O)(=O)N1CC(=O)Nc2ccccc2C1. The molecule has 5 nitrogen and oxygen atoms in total. The number of anilines is 1. The average Bonchev–Trinajstić information content (AvgIpc) is 2.54. The molecule has 0 atom stereocenters. The molecule has 1 aromatic rings. The Hall–Kier alpha value is -1.40. The number of para-hydroxylation sites is 1. The Bertz CT molecular complexity index is 569. The first-order chi connectivity index (χ1) is 9.03. The van der Waals surface area contributed by atoms with Gasteiger partial charge in [-0.25, -0.2) is 8.42 Å². The molecule has 0 fully saturated rings. The summed E-state index contributed by atoms with van der Waals surface area (Å²) in [4.78, 5) is 11.8. The van der Waals surface area contributed by atoms with Crippen molar-refractivity contribution in [3.63, 3.8) is 0 Å². The van der Waals surface area contributed by atoms with Crippen molar-refractivity contribution in [3.05, 3.63) is 29.8 Å². The maximum absolute atomic E-state index is 12.2. The Morgan fingerprint density at radius 3 is 2.74 bits per heavy atom. The fraction of sp³-hybridized carbons (Fsp3) is 0.462. The summed E-state index contributed by atoms with van der Waals surface area (Å²) >= 11 is 0. The van der Waals surface area contributed by atoms with E-state index >= 15 is 0 Å². The number of rotatable bonds is 4. The lowest BCUT2D eigenvalue weighted by Gasteiger charge is -2.19. The van der Waals surface area contributed by atoms with Crippen LogP contribution >= 0.6 is 0 Å². The number of unbranched alkanes of at least 4 members (excludes halogenated alkanes) is 1. The molecule has 2 rings (SSSR count). The normalized spacial score (nSPS) is 16.6. The minimum absolute atomic E-state index is 0.0962. The molecule has 0 saturated heterocycles. The van der Waals surface area contributed by atoms with Crippen molar-refractivity contribution in [1.29, 1.82) is 0 Å². The smallest absolute Gasteiger partial charge is 0.239 e. The molecule has 19 heavy (non-hydrogen) atoms. The van der Waals surface area contributed by atoms with Gasteiger partial charge >= 0.3 is 0 Å². The number of carbonyl (C=O) groups is 1. The molecule has 0 bridgehead atoms. The van der Waals surface area contributed by atoms with Crippen LogP contribution in [0, 0.1) is 0 Å². The summed E-state index contributed by atoms with van der Waals surface area (Å²) < 4.78 is 25.7. The third-order valence-corrected chi connectivity index (χ3v) is 4.96. The van der Waals surface area contributed by atoms with E-state index in [0.717, 1.165) is 12.0 Å². The van der Waals surface area contributed by atoms with E-state index in [1.165, 1.54) is 4.31 Å². The number of carbonyl (C=O) groups excluding carboxylic acids is 1. The first kappa shape index (κ1) is 14.0. The van der Waals surface area contributed by atoms with Crippen LogP contribution in [0.4, 0.5) is 5.69 Å². The standard InChI is InChI=1S/C13H18N2O3S/c1-2-3-8-19(17,18)15-9-11-6-4-5-7-12(11)14-13(16)10-15/h4-7H,2-3,8-10H2,1H3,(H,14,16). The zero-order chi connectivity index (χ0) is 13.9. The lowest BCUT2D eigenvalue weighted by atomic mass is 10.2. The zero-order valence-corrected chi connectivity index (χ0v) is 11.7. The van der Waals surface area contributed by atoms with Gasteiger partial charge in [0.1, 0.15) is 0 Å². The fourth-order valence-corrected chi connectivity index (χ4v) is 3.59. The molecule has 0 saturated carbocycles. The highest BCUT2D eigenvalue weighted by Crippen LogP contribution is 2.22. The van der Waals surface area contributed by atoms with Crippen molar-refractivity contribution >= 4 is 21.6 Å². The van der Waals surface area contributed by atoms with Gasteiger partial charge in [0, 0.05) is 12.2 Å². The number of benzene rings is 1. The van der Waals surface area contributed by atoms with Crippen LogP contribution < -0.4 is 5.32 Å². The van der Waals surface area contributed by atoms with Crippen LogP contribution in [0.3, 0.4) is 0 Å². The second kappa shape index (κ2) is 5.71. The molecule has 1 N–H and O–H groups in total. The molecule has 1 aliphatic heterocycles. The van der Waals surface area contributed by atoms with Crippen molar-refractivity contribution < 1.29 is 13.2 Å². The van der Waals surface area contributed by atoms with Gasteiger partial charge in [-0.1, -0.05) is 31.5 Å². The topological polar surface area (TPSA) is 66.5 Å². The van der Waals surface area contributed by atoms with Crippen molar-refractivity contribution in [2.24, 2.45) is 0 Å². The van der Waals surface area contributed by atoms with Crippen LogP contribution in [0.25, 0.3) is 0 Å². The molecule has 104 valence electrons. The monoisotopic (exact) mass is 282 g/mol. The highest BCUT2D eigenvalue weighted by Gasteiger charge is 2.27. The van der Waals surface area contributed by atoms with Crippen molar-refractivity contribution in [1.82, 2.24) is 4.31 Å². The predicted molar refractivity (Wildman–Crippen MR) is 74.2 cm³/mol. The van der Waals surface area contributed by atoms with Crippen LogP contribution in [0.1, 0.15) is 25.3 Å². The number of nitrogens with one attached hydrogen (secondary N) is 1. The van der Waals surface area contributed by atoms with Crippen LogP contribution in [0.2, 0.25) is 0 Å². The van der Waals surface area contributed by atoms with Gasteiger partial charge < -0.3 is 5.32 Å². The van der Waals surface area contributed by atoms with E-state index in [2.05, 4.69) is 5.32 Å². The summed E-state index contributed by atoms with van der Waals surface area (Å²) in [5.74, 6) is -0.191. The van der Waals surface area contributed by atoms with Gasteiger partial charge in [-0.05, 0) is 18.1 Å². The number of fused-ring (bicyclic) bond motifs is 1. The van der Waals surface area contributed by atoms with Crippen LogP contribution in [0.5, 0.6) is 0 Å². The molecule has 1 aliphatic rings. The number of hydrogen-bond acceptors (Lipinski definition) is 3. The largest absolute Gasteiger partial charge is 0.325 e. The second-order valence-electron chi connectivity index (χ2n) is 4.64. The van der Waals surface area contributed by atoms with E-state index < -0.39 is 10.0 Å². The zero-order valence-electron chi connectivity index (χ0n) is 10.9. The molecular weight excluding hydrogens is 264 g/mol. The third kappa shape index (κ3) is 3.33. The number of nitrogens with zero attached hydrogens (tertiary/aromatic N) is 1. The quantitative estimate of drug-likeness (QED) is 0.911. The Kier molecular flexibility index (Phi) is 4.21. The molecule has 1 aromatic carbocycles. The summed E-state index contributed by atoms with van der Waals surface area (Å²) in [6.45, 7) is 2.08. The first-order valence-corrected chi connectivity index (χ1v) is 7.99. The molecule has 1 amide bonds. The van der Waals surface area contributed by atoms with E-state index in [0.29, 0.717) is 12.1 Å². The lowest BCUT2D eigenvalue weighted by Crippen LogP contribution is -2.36. The molecule has 0 radical (unpaired) electrons. The second-order valence-corrected chi connectivity index (χ2v) is 6.73. The Labute approximate surface area is 113 Å². The maximum atomic E-state index is 12.2. The van der Waals surface area contributed by atoms with E-state index in [1.807, 2.05) is 25.1 Å². The maximum Gasteiger partial charge on any atom is 0.239 e. The van der Waals surface area contributed by atoms with E-state index in [-0.39, 0.29) is 24.7 Å². The van der Waals surface area contributed by atoms with Gasteiger partial charge in [-0.15, -0.1) is 0 Å². The molecule has 1 heterocycles. The van der Waals surface area contributed by atoms with Crippen LogP contribution in [0.15, 0.2) is 24.3 Å². The molecule has 6 heteroatoms. The molecule has 0 unspecified atom stereocenters. The van der Waals surface area contributed by atoms with Gasteiger partial charge in [0.05, 0.1) is 12.3 Å². The van der Waals surface area contributed by atoms with E-state index in [9.17, 15) is 13.2 Å². The van der Waals surface area contributed by atoms with Gasteiger partial charge in [0.2, 0.25) is 15.9 Å². The highest BCUT2D eigenvalue weighted by atomic mass is 32.2. The predicted octanol–water partition coefficient (Wildman–Crippen LogP) is 1.57. The Morgan fingerprint density at radius 1 is 1.26 bits per heavy atom. The summed E-state index contributed by atoms with van der Waals surface area (Å²) in [6.07, 6.45) is 1.43. The average molecular weight is 282 g/mol. The summed E-state index contributed by atoms with van der Waals surface area (Å²) in [7, 11) is -3.37. The number of amides is 1. The number of hydrogen-bond donors (Lipinski definition) is 1. The van der Waals surface area contributed by atoms with Crippen LogP contribution in [-0.4, -0.2) is 30.9 Å². The minimum atomic E-state index is -3.37. The Morgan fingerprint density at radius 2 is 2.00 bits per heavy atom. The van der Waals surface area contributed by atoms with E-state index in [4.69, 9.17) is 0 Å². The first-order valence-electron chi connectivity index (χ1n) is 6.38. The summed E-state index contributed by atoms with van der Waals surface area (Å²) in [6, 6.07) is 7.28. The highest BCUT2D eigenvalue weighted by molar-refractivity contribution is 7.89. The third-order valence-electron chi connectivity index (χ3n) is 3.11. The van der Waals surface area contributed by atoms with Gasteiger partial charge in [-0.2, -0.15) is 4.31 Å². The molecule has 0 aromatic heterocycles. The molecule has 0 aliphatic carbocycles. The minimum Gasteiger partial charge on any atom is -0.325 e. The van der Waals surface area contributed by atoms with Crippen molar-refractivity contribution in [2.45, 2.75) is 26.3 Å². The van der Waals surface area contributed by atoms with Gasteiger partial charge in [0.15, 0.2) is 0 Å². The van der Waals surface area contributed by atoms with Crippen LogP contribution in [-0.2, 0) is 21.4 Å². The lowest BCUT2D eigenvalue weighted by molar-refractivity contribution is -0.116. The summed E-state index contributed by atoms with van der Waals surface area (Å²) in [5.41, 5.74) is 1.52. The summed E-state index contributed by atoms with van der Waals surface area (Å²) in [5, 5.41) is 2.74. The van der Waals surface area contributed by atoms with Crippen molar-refractivity contribution in [3.8, 4) is 0 Å². The Balaban J connectivity index is 2.26. The van der Waals surface area contributed by atoms with Gasteiger partial charge in [-0.3, -0.25) is 4.79 Å². The molecular formula is C13H18N2O3S. The van der Waals surface area contributed by atoms with Gasteiger partial charge in [0.25, 0.3) is 0 Å². The molecule has 0 spiro atoms. The number of sulfonamides is 1.